The van der Waals surface area contributed by atoms with Crippen molar-refractivity contribution in [3.05, 3.63) is 0 Å². The molecule has 1 atom stereocenters. The van der Waals surface area contributed by atoms with Crippen LogP contribution < -0.4 is 5.32 Å². The monoisotopic (exact) mass is 352 g/mol. The third kappa shape index (κ3) is 6.12. The predicted molar refractivity (Wildman–Crippen MR) is 99.8 cm³/mol. The SMILES string of the molecule is CCCCCCC(C)(C)C1CC(=O)N(CCNC(=O)C(C)(C)C)C1=O. The van der Waals surface area contributed by atoms with Gasteiger partial charge in [-0.1, -0.05) is 67.2 Å². The highest BCUT2D eigenvalue weighted by molar-refractivity contribution is 6.03. The molecule has 1 aliphatic heterocycles. The molecule has 0 aromatic rings. The van der Waals surface area contributed by atoms with Crippen molar-refractivity contribution in [1.29, 1.82) is 0 Å². The number of amides is 3. The van der Waals surface area contributed by atoms with Gasteiger partial charge in [-0.15, -0.1) is 0 Å². The average Bonchev–Trinajstić information content (AvgIpc) is 2.79. The number of hydrogen-bond acceptors (Lipinski definition) is 3. The second kappa shape index (κ2) is 8.81. The molecule has 5 heteroatoms. The van der Waals surface area contributed by atoms with Gasteiger partial charge in [0.15, 0.2) is 0 Å². The Hall–Kier alpha value is -1.39. The smallest absolute Gasteiger partial charge is 0.233 e. The van der Waals surface area contributed by atoms with Gasteiger partial charge in [0.1, 0.15) is 0 Å². The quantitative estimate of drug-likeness (QED) is 0.510. The number of imide groups is 1. The van der Waals surface area contributed by atoms with E-state index >= 15 is 0 Å². The van der Waals surface area contributed by atoms with Gasteiger partial charge >= 0.3 is 0 Å². The van der Waals surface area contributed by atoms with E-state index in [1.54, 1.807) is 0 Å². The van der Waals surface area contributed by atoms with Gasteiger partial charge in [-0.2, -0.15) is 0 Å². The predicted octanol–water partition coefficient (Wildman–Crippen LogP) is 3.52. The topological polar surface area (TPSA) is 66.5 Å². The number of carbonyl (C=O) groups is 3. The lowest BCUT2D eigenvalue weighted by molar-refractivity contribution is -0.141. The highest BCUT2D eigenvalue weighted by atomic mass is 16.2. The van der Waals surface area contributed by atoms with Gasteiger partial charge in [0, 0.05) is 24.9 Å². The van der Waals surface area contributed by atoms with E-state index in [-0.39, 0.29) is 35.6 Å². The van der Waals surface area contributed by atoms with E-state index in [4.69, 9.17) is 0 Å². The number of likely N-dealkylation sites (tertiary alicyclic amines) is 1. The summed E-state index contributed by atoms with van der Waals surface area (Å²) in [5.74, 6) is -0.489. The van der Waals surface area contributed by atoms with Gasteiger partial charge in [-0.05, 0) is 11.8 Å². The summed E-state index contributed by atoms with van der Waals surface area (Å²) in [5, 5.41) is 2.81. The van der Waals surface area contributed by atoms with Crippen molar-refractivity contribution in [2.75, 3.05) is 13.1 Å². The molecular formula is C20H36N2O3. The minimum absolute atomic E-state index is 0.0700. The Bertz CT molecular complexity index is 492. The van der Waals surface area contributed by atoms with Crippen LogP contribution >= 0.6 is 0 Å². The molecule has 0 spiro atoms. The summed E-state index contributed by atoms with van der Waals surface area (Å²) in [4.78, 5) is 38.2. The van der Waals surface area contributed by atoms with E-state index in [0.29, 0.717) is 13.0 Å². The highest BCUT2D eigenvalue weighted by Gasteiger charge is 2.45. The molecule has 0 aromatic carbocycles. The fraction of sp³-hybridized carbons (Fsp3) is 0.850. The molecule has 144 valence electrons. The molecular weight excluding hydrogens is 316 g/mol. The number of nitrogens with zero attached hydrogens (tertiary/aromatic N) is 1. The van der Waals surface area contributed by atoms with E-state index < -0.39 is 5.41 Å². The van der Waals surface area contributed by atoms with E-state index in [9.17, 15) is 14.4 Å². The van der Waals surface area contributed by atoms with Crippen molar-refractivity contribution in [3.63, 3.8) is 0 Å². The molecule has 5 nitrogen and oxygen atoms in total. The fourth-order valence-electron chi connectivity index (χ4n) is 3.26. The summed E-state index contributed by atoms with van der Waals surface area (Å²) in [5.41, 5.74) is -0.633. The summed E-state index contributed by atoms with van der Waals surface area (Å²) in [6.45, 7) is 12.5. The molecule has 1 N–H and O–H groups in total. The number of unbranched alkanes of at least 4 members (excludes halogenated alkanes) is 3. The van der Waals surface area contributed by atoms with Crippen LogP contribution in [-0.4, -0.2) is 35.7 Å². The molecule has 1 heterocycles. The van der Waals surface area contributed by atoms with E-state index in [1.807, 2.05) is 20.8 Å². The molecule has 3 amide bonds. The summed E-state index contributed by atoms with van der Waals surface area (Å²) in [6, 6.07) is 0. The third-order valence-corrected chi connectivity index (χ3v) is 5.16. The van der Waals surface area contributed by atoms with Crippen LogP contribution in [-0.2, 0) is 14.4 Å². The maximum absolute atomic E-state index is 12.7. The Morgan fingerprint density at radius 3 is 2.32 bits per heavy atom. The highest BCUT2D eigenvalue weighted by Crippen LogP contribution is 2.39. The standard InChI is InChI=1S/C20H36N2O3/c1-7-8-9-10-11-20(5,6)15-14-16(23)22(17(15)24)13-12-21-18(25)19(2,3)4/h15H,7-14H2,1-6H3,(H,21,25). The number of carbonyl (C=O) groups excluding carboxylic acids is 3. The second-order valence-corrected chi connectivity index (χ2v) is 8.95. The molecule has 0 aliphatic carbocycles. The lowest BCUT2D eigenvalue weighted by Crippen LogP contribution is -2.42. The Kier molecular flexibility index (Phi) is 7.63. The maximum Gasteiger partial charge on any atom is 0.233 e. The van der Waals surface area contributed by atoms with Gasteiger partial charge in [0.25, 0.3) is 0 Å². The second-order valence-electron chi connectivity index (χ2n) is 8.95. The number of hydrogen-bond donors (Lipinski definition) is 1. The van der Waals surface area contributed by atoms with Crippen molar-refractivity contribution in [1.82, 2.24) is 10.2 Å². The van der Waals surface area contributed by atoms with Crippen LogP contribution in [0.1, 0.15) is 80.1 Å². The first kappa shape index (κ1) is 21.7. The zero-order chi connectivity index (χ0) is 19.3. The molecule has 0 radical (unpaired) electrons. The van der Waals surface area contributed by atoms with Gasteiger partial charge in [-0.25, -0.2) is 0 Å². The maximum atomic E-state index is 12.7. The van der Waals surface area contributed by atoms with Crippen LogP contribution in [0.4, 0.5) is 0 Å². The summed E-state index contributed by atoms with van der Waals surface area (Å²) >= 11 is 0. The zero-order valence-corrected chi connectivity index (χ0v) is 16.9. The number of nitrogens with one attached hydrogen (secondary N) is 1. The summed E-state index contributed by atoms with van der Waals surface area (Å²) in [6.07, 6.45) is 5.94. The first-order valence-corrected chi connectivity index (χ1v) is 9.63. The molecule has 25 heavy (non-hydrogen) atoms. The normalized spacial score (nSPS) is 18.8. The van der Waals surface area contributed by atoms with Gasteiger partial charge in [0.2, 0.25) is 17.7 Å². The Morgan fingerprint density at radius 1 is 1.12 bits per heavy atom. The van der Waals surface area contributed by atoms with Gasteiger partial charge in [0.05, 0.1) is 5.92 Å². The van der Waals surface area contributed by atoms with E-state index in [0.717, 1.165) is 12.8 Å². The lowest BCUT2D eigenvalue weighted by atomic mass is 9.74. The molecule has 1 rings (SSSR count). The van der Waals surface area contributed by atoms with Gasteiger partial charge < -0.3 is 5.32 Å². The minimum Gasteiger partial charge on any atom is -0.354 e. The zero-order valence-electron chi connectivity index (χ0n) is 16.9. The first-order valence-electron chi connectivity index (χ1n) is 9.63. The van der Waals surface area contributed by atoms with Crippen LogP contribution in [0, 0.1) is 16.7 Å². The lowest BCUT2D eigenvalue weighted by Gasteiger charge is -2.30. The van der Waals surface area contributed by atoms with Crippen molar-refractivity contribution >= 4 is 17.7 Å². The van der Waals surface area contributed by atoms with Crippen LogP contribution in [0.5, 0.6) is 0 Å². The fourth-order valence-corrected chi connectivity index (χ4v) is 3.26. The van der Waals surface area contributed by atoms with E-state index in [1.165, 1.54) is 24.2 Å². The first-order chi connectivity index (χ1) is 11.5. The molecule has 0 bridgehead atoms. The Balaban J connectivity index is 2.56. The van der Waals surface area contributed by atoms with Crippen molar-refractivity contribution in [2.45, 2.75) is 80.1 Å². The Labute approximate surface area is 152 Å². The molecule has 1 saturated heterocycles. The summed E-state index contributed by atoms with van der Waals surface area (Å²) in [7, 11) is 0. The molecule has 0 saturated carbocycles. The van der Waals surface area contributed by atoms with Crippen LogP contribution in [0.3, 0.4) is 0 Å². The average molecular weight is 353 g/mol. The van der Waals surface area contributed by atoms with Crippen molar-refractivity contribution < 1.29 is 14.4 Å². The minimum atomic E-state index is -0.470. The van der Waals surface area contributed by atoms with Crippen LogP contribution in [0.15, 0.2) is 0 Å². The molecule has 1 aliphatic rings. The number of rotatable bonds is 9. The largest absolute Gasteiger partial charge is 0.354 e. The molecule has 1 unspecified atom stereocenters. The summed E-state index contributed by atoms with van der Waals surface area (Å²) < 4.78 is 0. The molecule has 0 aromatic heterocycles. The third-order valence-electron chi connectivity index (χ3n) is 5.16. The van der Waals surface area contributed by atoms with Crippen LogP contribution in [0.25, 0.3) is 0 Å². The molecule has 1 fully saturated rings. The van der Waals surface area contributed by atoms with Gasteiger partial charge in [-0.3, -0.25) is 19.3 Å². The van der Waals surface area contributed by atoms with Crippen LogP contribution in [0.2, 0.25) is 0 Å². The Morgan fingerprint density at radius 2 is 1.76 bits per heavy atom. The van der Waals surface area contributed by atoms with E-state index in [2.05, 4.69) is 26.1 Å². The van der Waals surface area contributed by atoms with Crippen molar-refractivity contribution in [3.8, 4) is 0 Å². The van der Waals surface area contributed by atoms with Crippen molar-refractivity contribution in [2.24, 2.45) is 16.7 Å².